The zero-order valence-electron chi connectivity index (χ0n) is 11.1. The van der Waals surface area contributed by atoms with Crippen molar-refractivity contribution in [2.24, 2.45) is 4.99 Å². The Hall–Kier alpha value is -2.07. The first-order valence-electron chi connectivity index (χ1n) is 6.71. The highest BCUT2D eigenvalue weighted by Gasteiger charge is 2.49. The van der Waals surface area contributed by atoms with Gasteiger partial charge in [-0.1, -0.05) is 11.6 Å². The molecule has 2 N–H and O–H groups in total. The fourth-order valence-corrected chi connectivity index (χ4v) is 2.77. The van der Waals surface area contributed by atoms with Crippen LogP contribution in [0, 0.1) is 5.82 Å². The van der Waals surface area contributed by atoms with Crippen molar-refractivity contribution in [3.63, 3.8) is 0 Å². The Morgan fingerprint density at radius 2 is 1.90 bits per heavy atom. The maximum Gasteiger partial charge on any atom is 0.201 e. The first-order chi connectivity index (χ1) is 10.1. The molecule has 21 heavy (non-hydrogen) atoms. The molecule has 0 saturated heterocycles. The van der Waals surface area contributed by atoms with Gasteiger partial charge in [-0.25, -0.2) is 9.38 Å². The maximum atomic E-state index is 13.3. The lowest BCUT2D eigenvalue weighted by molar-refractivity contribution is 0.184. The van der Waals surface area contributed by atoms with Crippen LogP contribution in [-0.2, 0) is 0 Å². The van der Waals surface area contributed by atoms with Crippen LogP contribution in [0.5, 0.6) is 5.75 Å². The van der Waals surface area contributed by atoms with Crippen LogP contribution in [0.15, 0.2) is 41.4 Å². The van der Waals surface area contributed by atoms with Gasteiger partial charge in [-0.15, -0.1) is 0 Å². The van der Waals surface area contributed by atoms with Crippen LogP contribution in [0.1, 0.15) is 24.0 Å². The van der Waals surface area contributed by atoms with Gasteiger partial charge in [0.2, 0.25) is 5.72 Å². The summed E-state index contributed by atoms with van der Waals surface area (Å²) in [4.78, 5) is 4.70. The Morgan fingerprint density at radius 3 is 2.62 bits per heavy atom. The van der Waals surface area contributed by atoms with Gasteiger partial charge in [-0.05, 0) is 30.3 Å². The van der Waals surface area contributed by atoms with Gasteiger partial charge in [0.25, 0.3) is 0 Å². The molecular formula is C16H12ClFN2O. The zero-order chi connectivity index (χ0) is 14.6. The van der Waals surface area contributed by atoms with E-state index in [0.29, 0.717) is 22.0 Å². The highest BCUT2D eigenvalue weighted by Crippen LogP contribution is 2.47. The number of nitrogens with two attached hydrogens (primary N) is 1. The van der Waals surface area contributed by atoms with E-state index in [9.17, 15) is 4.39 Å². The number of hydrogen-bond donors (Lipinski definition) is 1. The van der Waals surface area contributed by atoms with E-state index in [0.717, 1.165) is 24.1 Å². The number of nitrogen functional groups attached to an aromatic ring is 1. The molecule has 2 aromatic carbocycles. The number of fused-ring (bicyclic) bond motifs is 1. The molecule has 2 aromatic rings. The fourth-order valence-electron chi connectivity index (χ4n) is 2.52. The van der Waals surface area contributed by atoms with Gasteiger partial charge in [-0.3, -0.25) is 0 Å². The third-order valence-corrected chi connectivity index (χ3v) is 4.05. The second-order valence-corrected chi connectivity index (χ2v) is 5.80. The number of aliphatic imine (C=N–C) groups is 1. The van der Waals surface area contributed by atoms with E-state index >= 15 is 0 Å². The molecule has 1 spiro atoms. The SMILES string of the molecule is Nc1ccc2c(c1)OC1(CC1)N=C2c1ccc(F)cc1Cl. The summed E-state index contributed by atoms with van der Waals surface area (Å²) in [5, 5.41) is 0.342. The largest absolute Gasteiger partial charge is 0.465 e. The van der Waals surface area contributed by atoms with Gasteiger partial charge < -0.3 is 10.5 Å². The summed E-state index contributed by atoms with van der Waals surface area (Å²) in [5.74, 6) is 0.341. The minimum Gasteiger partial charge on any atom is -0.465 e. The third-order valence-electron chi connectivity index (χ3n) is 3.74. The summed E-state index contributed by atoms with van der Waals surface area (Å²) in [6, 6.07) is 9.78. The standard InChI is InChI=1S/C16H12ClFN2O/c17-13-7-9(18)1-3-11(13)15-12-4-2-10(19)8-14(12)21-16(20-15)5-6-16/h1-4,7-8H,5-6,19H2. The van der Waals surface area contributed by atoms with Crippen molar-refractivity contribution in [3.8, 4) is 5.75 Å². The second kappa shape index (κ2) is 4.21. The average molecular weight is 303 g/mol. The van der Waals surface area contributed by atoms with Gasteiger partial charge in [0.1, 0.15) is 11.6 Å². The van der Waals surface area contributed by atoms with E-state index in [1.807, 2.05) is 6.07 Å². The predicted molar refractivity (Wildman–Crippen MR) is 80.5 cm³/mol. The summed E-state index contributed by atoms with van der Waals surface area (Å²) < 4.78 is 19.2. The summed E-state index contributed by atoms with van der Waals surface area (Å²) in [5.41, 5.74) is 8.24. The molecule has 0 bridgehead atoms. The van der Waals surface area contributed by atoms with E-state index in [1.165, 1.54) is 12.1 Å². The van der Waals surface area contributed by atoms with Crippen LogP contribution in [0.25, 0.3) is 0 Å². The quantitative estimate of drug-likeness (QED) is 0.815. The van der Waals surface area contributed by atoms with Crippen molar-refractivity contribution in [1.82, 2.24) is 0 Å². The lowest BCUT2D eigenvalue weighted by atomic mass is 9.99. The van der Waals surface area contributed by atoms with Gasteiger partial charge in [-0.2, -0.15) is 0 Å². The number of ether oxygens (including phenoxy) is 1. The van der Waals surface area contributed by atoms with E-state index < -0.39 is 5.72 Å². The Labute approximate surface area is 126 Å². The number of hydrogen-bond acceptors (Lipinski definition) is 3. The van der Waals surface area contributed by atoms with Crippen molar-refractivity contribution < 1.29 is 9.13 Å². The fraction of sp³-hybridized carbons (Fsp3) is 0.188. The summed E-state index contributed by atoms with van der Waals surface area (Å²) in [7, 11) is 0. The molecule has 5 heteroatoms. The van der Waals surface area contributed by atoms with Crippen LogP contribution < -0.4 is 10.5 Å². The summed E-state index contributed by atoms with van der Waals surface area (Å²) in [6.45, 7) is 0. The molecule has 0 atom stereocenters. The zero-order valence-corrected chi connectivity index (χ0v) is 11.8. The van der Waals surface area contributed by atoms with Crippen LogP contribution in [0.3, 0.4) is 0 Å². The molecular weight excluding hydrogens is 291 g/mol. The van der Waals surface area contributed by atoms with Gasteiger partial charge in [0.15, 0.2) is 0 Å². The van der Waals surface area contributed by atoms with E-state index in [2.05, 4.69) is 0 Å². The highest BCUT2D eigenvalue weighted by molar-refractivity contribution is 6.35. The number of benzene rings is 2. The molecule has 0 unspecified atom stereocenters. The van der Waals surface area contributed by atoms with Crippen molar-refractivity contribution in [2.45, 2.75) is 18.6 Å². The van der Waals surface area contributed by atoms with Crippen molar-refractivity contribution in [3.05, 3.63) is 58.4 Å². The molecule has 1 saturated carbocycles. The van der Waals surface area contributed by atoms with Gasteiger partial charge >= 0.3 is 0 Å². The Kier molecular flexibility index (Phi) is 2.54. The molecule has 1 fully saturated rings. The van der Waals surface area contributed by atoms with Gasteiger partial charge in [0, 0.05) is 35.7 Å². The van der Waals surface area contributed by atoms with Crippen LogP contribution in [0.4, 0.5) is 10.1 Å². The smallest absolute Gasteiger partial charge is 0.201 e. The molecule has 1 heterocycles. The lowest BCUT2D eigenvalue weighted by Gasteiger charge is -2.25. The molecule has 0 amide bonds. The van der Waals surface area contributed by atoms with E-state index in [4.69, 9.17) is 27.1 Å². The molecule has 2 aliphatic rings. The number of anilines is 1. The Balaban J connectivity index is 1.92. The second-order valence-electron chi connectivity index (χ2n) is 5.39. The highest BCUT2D eigenvalue weighted by atomic mass is 35.5. The van der Waals surface area contributed by atoms with Crippen molar-refractivity contribution >= 4 is 23.0 Å². The molecule has 1 aliphatic carbocycles. The Morgan fingerprint density at radius 1 is 1.14 bits per heavy atom. The topological polar surface area (TPSA) is 47.6 Å². The lowest BCUT2D eigenvalue weighted by Crippen LogP contribution is -2.25. The minimum atomic E-state index is -0.492. The van der Waals surface area contributed by atoms with E-state index in [-0.39, 0.29) is 5.82 Å². The molecule has 0 aromatic heterocycles. The molecule has 0 radical (unpaired) electrons. The third kappa shape index (κ3) is 2.07. The van der Waals surface area contributed by atoms with E-state index in [1.54, 1.807) is 18.2 Å². The first-order valence-corrected chi connectivity index (χ1v) is 7.08. The van der Waals surface area contributed by atoms with Gasteiger partial charge in [0.05, 0.1) is 10.7 Å². The van der Waals surface area contributed by atoms with Crippen molar-refractivity contribution in [1.29, 1.82) is 0 Å². The van der Waals surface area contributed by atoms with Crippen molar-refractivity contribution in [2.75, 3.05) is 5.73 Å². The monoisotopic (exact) mass is 302 g/mol. The predicted octanol–water partition coefficient (Wildman–Crippen LogP) is 3.78. The summed E-state index contributed by atoms with van der Waals surface area (Å²) >= 11 is 6.19. The molecule has 3 nitrogen and oxygen atoms in total. The average Bonchev–Trinajstić information content (AvgIpc) is 3.16. The molecule has 106 valence electrons. The minimum absolute atomic E-state index is 0.342. The first kappa shape index (κ1) is 12.7. The number of nitrogens with zero attached hydrogens (tertiary/aromatic N) is 1. The Bertz CT molecular complexity index is 784. The summed E-state index contributed by atoms with van der Waals surface area (Å²) in [6.07, 6.45) is 1.73. The maximum absolute atomic E-state index is 13.3. The number of rotatable bonds is 1. The normalized spacial score (nSPS) is 17.9. The van der Waals surface area contributed by atoms with Crippen LogP contribution >= 0.6 is 11.6 Å². The number of halogens is 2. The molecule has 4 rings (SSSR count). The van der Waals surface area contributed by atoms with Crippen LogP contribution in [-0.4, -0.2) is 11.4 Å². The van der Waals surface area contributed by atoms with Crippen LogP contribution in [0.2, 0.25) is 5.02 Å². The molecule has 1 aliphatic heterocycles.